The third kappa shape index (κ3) is 1.72. The average Bonchev–Trinajstić information content (AvgIpc) is 2.77. The monoisotopic (exact) mass is 302 g/mol. The normalized spacial score (nSPS) is 51.0. The number of hydrogen-bond donors (Lipinski definition) is 1. The highest BCUT2D eigenvalue weighted by Gasteiger charge is 2.60. The Labute approximate surface area is 132 Å². The zero-order valence-electron chi connectivity index (χ0n) is 13.6. The molecule has 0 amide bonds. The largest absolute Gasteiger partial charge is 0.393 e. The standard InChI is InChI=1S/C19H26O3/c1-18-7-5-12(20)9-11(18)10-15(21)17-13-3-4-16(22)19(13,2)8-6-14(17)18/h10,12-14,17,20H,3-9H2,1-2H3/t12-,13-,14-,17-,18-,19-/m0/s1. The molecule has 0 radical (unpaired) electrons. The molecule has 3 nitrogen and oxygen atoms in total. The molecule has 0 unspecified atom stereocenters. The summed E-state index contributed by atoms with van der Waals surface area (Å²) in [5, 5.41) is 9.97. The lowest BCUT2D eigenvalue weighted by Gasteiger charge is -2.55. The molecular formula is C19H26O3. The lowest BCUT2D eigenvalue weighted by atomic mass is 9.48. The van der Waals surface area contributed by atoms with Crippen molar-refractivity contribution in [3.05, 3.63) is 11.6 Å². The lowest BCUT2D eigenvalue weighted by molar-refractivity contribution is -0.139. The minimum atomic E-state index is -0.286. The van der Waals surface area contributed by atoms with Gasteiger partial charge >= 0.3 is 0 Å². The number of rotatable bonds is 0. The summed E-state index contributed by atoms with van der Waals surface area (Å²) in [5.41, 5.74) is 0.975. The molecule has 0 bridgehead atoms. The molecule has 4 aliphatic rings. The maximum atomic E-state index is 12.9. The van der Waals surface area contributed by atoms with Gasteiger partial charge in [0.05, 0.1) is 6.10 Å². The van der Waals surface area contributed by atoms with E-state index >= 15 is 0 Å². The molecular weight excluding hydrogens is 276 g/mol. The van der Waals surface area contributed by atoms with Crippen molar-refractivity contribution < 1.29 is 14.7 Å². The van der Waals surface area contributed by atoms with Crippen LogP contribution >= 0.6 is 0 Å². The third-order valence-electron chi connectivity index (χ3n) is 7.63. The van der Waals surface area contributed by atoms with E-state index in [9.17, 15) is 14.7 Å². The predicted octanol–water partition coefficient (Wildman–Crippen LogP) is 3.06. The summed E-state index contributed by atoms with van der Waals surface area (Å²) in [6.45, 7) is 4.40. The van der Waals surface area contributed by atoms with Crippen LogP contribution in [0, 0.1) is 28.6 Å². The second-order valence-corrected chi connectivity index (χ2v) is 8.54. The lowest BCUT2D eigenvalue weighted by Crippen LogP contribution is -2.53. The number of carbonyl (C=O) groups excluding carboxylic acids is 2. The molecule has 4 rings (SSSR count). The quantitative estimate of drug-likeness (QED) is 0.748. The first-order valence-corrected chi connectivity index (χ1v) is 8.82. The van der Waals surface area contributed by atoms with Crippen LogP contribution in [0.25, 0.3) is 0 Å². The maximum absolute atomic E-state index is 12.9. The van der Waals surface area contributed by atoms with Gasteiger partial charge in [-0.1, -0.05) is 19.4 Å². The molecule has 3 heteroatoms. The number of fused-ring (bicyclic) bond motifs is 5. The van der Waals surface area contributed by atoms with Gasteiger partial charge in [0.25, 0.3) is 0 Å². The Morgan fingerprint density at radius 2 is 1.73 bits per heavy atom. The average molecular weight is 302 g/mol. The first kappa shape index (κ1) is 14.6. The van der Waals surface area contributed by atoms with Crippen molar-refractivity contribution in [2.45, 2.75) is 64.9 Å². The summed E-state index contributed by atoms with van der Waals surface area (Å²) in [4.78, 5) is 25.2. The Morgan fingerprint density at radius 1 is 1.05 bits per heavy atom. The van der Waals surface area contributed by atoms with Crippen molar-refractivity contribution in [2.75, 3.05) is 0 Å². The van der Waals surface area contributed by atoms with Crippen LogP contribution in [0.4, 0.5) is 0 Å². The van der Waals surface area contributed by atoms with Gasteiger partial charge in [-0.15, -0.1) is 0 Å². The number of aliphatic hydroxyl groups is 1. The van der Waals surface area contributed by atoms with E-state index in [0.29, 0.717) is 24.5 Å². The van der Waals surface area contributed by atoms with E-state index in [4.69, 9.17) is 0 Å². The minimum Gasteiger partial charge on any atom is -0.393 e. The summed E-state index contributed by atoms with van der Waals surface area (Å²) in [6.07, 6.45) is 7.51. The topological polar surface area (TPSA) is 54.4 Å². The van der Waals surface area contributed by atoms with Gasteiger partial charge in [0.2, 0.25) is 0 Å². The Kier molecular flexibility index (Phi) is 3.01. The van der Waals surface area contributed by atoms with E-state index in [2.05, 4.69) is 13.8 Å². The molecule has 6 atom stereocenters. The highest BCUT2D eigenvalue weighted by atomic mass is 16.3. The van der Waals surface area contributed by atoms with Crippen LogP contribution in [0.3, 0.4) is 0 Å². The van der Waals surface area contributed by atoms with Gasteiger partial charge in [-0.05, 0) is 61.9 Å². The maximum Gasteiger partial charge on any atom is 0.159 e. The first-order chi connectivity index (χ1) is 10.4. The van der Waals surface area contributed by atoms with E-state index in [-0.39, 0.29) is 34.6 Å². The van der Waals surface area contributed by atoms with Gasteiger partial charge in [0, 0.05) is 17.8 Å². The van der Waals surface area contributed by atoms with E-state index in [1.165, 1.54) is 5.57 Å². The number of allylic oxidation sites excluding steroid dienone is 1. The molecule has 1 N–H and O–H groups in total. The number of Topliss-reactive ketones (excluding diaryl/α,β-unsaturated/α-hetero) is 1. The van der Waals surface area contributed by atoms with Gasteiger partial charge in [-0.25, -0.2) is 0 Å². The fourth-order valence-electron chi connectivity index (χ4n) is 6.16. The predicted molar refractivity (Wildman–Crippen MR) is 83.1 cm³/mol. The van der Waals surface area contributed by atoms with E-state index < -0.39 is 0 Å². The Balaban J connectivity index is 1.76. The molecule has 0 aromatic carbocycles. The van der Waals surface area contributed by atoms with Crippen molar-refractivity contribution >= 4 is 11.6 Å². The number of hydrogen-bond acceptors (Lipinski definition) is 3. The highest BCUT2D eigenvalue weighted by Crippen LogP contribution is 2.63. The van der Waals surface area contributed by atoms with Crippen LogP contribution in [0.5, 0.6) is 0 Å². The molecule has 22 heavy (non-hydrogen) atoms. The fraction of sp³-hybridized carbons (Fsp3) is 0.789. The second-order valence-electron chi connectivity index (χ2n) is 8.54. The number of aliphatic hydroxyl groups excluding tert-OH is 1. The molecule has 3 saturated carbocycles. The SMILES string of the molecule is C[C@]12CC[C@H](O)CC1=CC(=O)[C@@H]1[C@@H]2CC[C@]2(C)C(=O)CC[C@@H]12. The molecule has 0 spiro atoms. The molecule has 0 heterocycles. The van der Waals surface area contributed by atoms with E-state index in [1.807, 2.05) is 6.08 Å². The van der Waals surface area contributed by atoms with E-state index in [0.717, 1.165) is 32.1 Å². The van der Waals surface area contributed by atoms with Crippen molar-refractivity contribution in [3.8, 4) is 0 Å². The molecule has 0 aromatic heterocycles. The van der Waals surface area contributed by atoms with Crippen LogP contribution in [-0.2, 0) is 9.59 Å². The van der Waals surface area contributed by atoms with Gasteiger partial charge in [0.1, 0.15) is 5.78 Å². The van der Waals surface area contributed by atoms with Crippen LogP contribution in [-0.4, -0.2) is 22.8 Å². The van der Waals surface area contributed by atoms with Gasteiger partial charge in [-0.3, -0.25) is 9.59 Å². The van der Waals surface area contributed by atoms with Gasteiger partial charge in [0.15, 0.2) is 5.78 Å². The zero-order chi connectivity index (χ0) is 15.7. The van der Waals surface area contributed by atoms with Crippen molar-refractivity contribution in [1.82, 2.24) is 0 Å². The summed E-state index contributed by atoms with van der Waals surface area (Å²) >= 11 is 0. The van der Waals surface area contributed by atoms with Crippen molar-refractivity contribution in [2.24, 2.45) is 28.6 Å². The Morgan fingerprint density at radius 3 is 2.50 bits per heavy atom. The van der Waals surface area contributed by atoms with Crippen LogP contribution in [0.15, 0.2) is 11.6 Å². The van der Waals surface area contributed by atoms with E-state index in [1.54, 1.807) is 0 Å². The smallest absolute Gasteiger partial charge is 0.159 e. The zero-order valence-corrected chi connectivity index (χ0v) is 13.6. The first-order valence-electron chi connectivity index (χ1n) is 8.82. The third-order valence-corrected chi connectivity index (χ3v) is 7.63. The van der Waals surface area contributed by atoms with Crippen LogP contribution in [0.2, 0.25) is 0 Å². The van der Waals surface area contributed by atoms with Crippen molar-refractivity contribution in [3.63, 3.8) is 0 Å². The Bertz CT molecular complexity index is 577. The molecule has 0 saturated heterocycles. The number of ketones is 2. The summed E-state index contributed by atoms with van der Waals surface area (Å²) < 4.78 is 0. The number of carbonyl (C=O) groups is 2. The minimum absolute atomic E-state index is 0.0363. The van der Waals surface area contributed by atoms with Gasteiger partial charge < -0.3 is 5.11 Å². The molecule has 3 fully saturated rings. The molecule has 0 aliphatic heterocycles. The van der Waals surface area contributed by atoms with Crippen LogP contribution < -0.4 is 0 Å². The highest BCUT2D eigenvalue weighted by molar-refractivity contribution is 5.96. The molecule has 120 valence electrons. The second kappa shape index (κ2) is 4.53. The summed E-state index contributed by atoms with van der Waals surface area (Å²) in [5.74, 6) is 1.26. The van der Waals surface area contributed by atoms with Gasteiger partial charge in [-0.2, -0.15) is 0 Å². The molecule has 0 aromatic rings. The van der Waals surface area contributed by atoms with Crippen LogP contribution in [0.1, 0.15) is 58.8 Å². The van der Waals surface area contributed by atoms with Crippen molar-refractivity contribution in [1.29, 1.82) is 0 Å². The molecule has 4 aliphatic carbocycles. The Hall–Kier alpha value is -0.960. The summed E-state index contributed by atoms with van der Waals surface area (Å²) in [6, 6.07) is 0. The summed E-state index contributed by atoms with van der Waals surface area (Å²) in [7, 11) is 0. The fourth-order valence-corrected chi connectivity index (χ4v) is 6.16.